The van der Waals surface area contributed by atoms with Crippen LogP contribution in [0.15, 0.2) is 48.8 Å². The predicted octanol–water partition coefficient (Wildman–Crippen LogP) is 3.87. The summed E-state index contributed by atoms with van der Waals surface area (Å²) in [5, 5.41) is 4.64. The van der Waals surface area contributed by atoms with Gasteiger partial charge >= 0.3 is 0 Å². The van der Waals surface area contributed by atoms with Gasteiger partial charge in [0.15, 0.2) is 0 Å². The molecule has 0 fully saturated rings. The summed E-state index contributed by atoms with van der Waals surface area (Å²) in [5.74, 6) is 0.662. The number of aromatic nitrogens is 2. The third-order valence-corrected chi connectivity index (χ3v) is 4.32. The third kappa shape index (κ3) is 3.61. The molecular weight excluding hydrogens is 315 g/mol. The first kappa shape index (κ1) is 17.3. The zero-order chi connectivity index (χ0) is 17.8. The summed E-state index contributed by atoms with van der Waals surface area (Å²) in [6, 6.07) is 13.1. The molecule has 0 aliphatic heterocycles. The molecule has 0 saturated heterocycles. The average molecular weight is 338 g/mol. The highest BCUT2D eigenvalue weighted by Gasteiger charge is 2.14. The number of anilines is 1. The monoisotopic (exact) mass is 338 g/mol. The molecule has 0 aliphatic rings. The van der Waals surface area contributed by atoms with Gasteiger partial charge in [-0.1, -0.05) is 24.3 Å². The van der Waals surface area contributed by atoms with Crippen LogP contribution in [0.4, 0.5) is 10.2 Å². The van der Waals surface area contributed by atoms with Crippen molar-refractivity contribution in [2.45, 2.75) is 19.9 Å². The van der Waals surface area contributed by atoms with Gasteiger partial charge < -0.3 is 10.2 Å². The quantitative estimate of drug-likeness (QED) is 0.741. The highest BCUT2D eigenvalue weighted by molar-refractivity contribution is 5.96. The minimum absolute atomic E-state index is 0.216. The summed E-state index contributed by atoms with van der Waals surface area (Å²) in [5.41, 5.74) is 1.72. The first-order chi connectivity index (χ1) is 12.1. The minimum atomic E-state index is -0.216. The summed E-state index contributed by atoms with van der Waals surface area (Å²) >= 11 is 0. The largest absolute Gasteiger partial charge is 0.353 e. The number of nitrogens with one attached hydrogen (secondary N) is 1. The molecule has 1 aromatic heterocycles. The molecule has 0 spiro atoms. The predicted molar refractivity (Wildman–Crippen MR) is 101 cm³/mol. The number of rotatable bonds is 6. The van der Waals surface area contributed by atoms with E-state index in [4.69, 9.17) is 0 Å². The fourth-order valence-electron chi connectivity index (χ4n) is 3.01. The van der Waals surface area contributed by atoms with E-state index in [9.17, 15) is 4.39 Å². The van der Waals surface area contributed by atoms with Crippen molar-refractivity contribution in [3.05, 3.63) is 54.6 Å². The van der Waals surface area contributed by atoms with Gasteiger partial charge in [-0.25, -0.2) is 14.4 Å². The Morgan fingerprint density at radius 1 is 1.08 bits per heavy atom. The van der Waals surface area contributed by atoms with Crippen LogP contribution in [-0.2, 0) is 0 Å². The minimum Gasteiger partial charge on any atom is -0.353 e. The van der Waals surface area contributed by atoms with Gasteiger partial charge in [-0.3, -0.25) is 0 Å². The van der Waals surface area contributed by atoms with Crippen molar-refractivity contribution in [3.8, 4) is 11.3 Å². The van der Waals surface area contributed by atoms with E-state index in [1.165, 1.54) is 6.07 Å². The molecule has 3 aromatic rings. The zero-order valence-electron chi connectivity index (χ0n) is 14.8. The standard InChI is InChI=1S/C20H23FN4/c1-14(2)25(11-10-22-3)20-12-19(23-13-24-20)17-8-9-18(21)16-7-5-4-6-15(16)17/h4-9,12-14,22H,10-11H2,1-3H3. The first-order valence-corrected chi connectivity index (χ1v) is 8.52. The Kier molecular flexibility index (Phi) is 5.24. The van der Waals surface area contributed by atoms with E-state index in [0.29, 0.717) is 11.4 Å². The lowest BCUT2D eigenvalue weighted by atomic mass is 10.0. The SMILES string of the molecule is CNCCN(c1cc(-c2ccc(F)c3ccccc23)ncn1)C(C)C. The summed E-state index contributed by atoms with van der Waals surface area (Å²) in [4.78, 5) is 11.1. The van der Waals surface area contributed by atoms with Crippen LogP contribution < -0.4 is 10.2 Å². The zero-order valence-corrected chi connectivity index (χ0v) is 14.8. The van der Waals surface area contributed by atoms with Gasteiger partial charge in [-0.2, -0.15) is 0 Å². The molecule has 3 rings (SSSR count). The fraction of sp³-hybridized carbons (Fsp3) is 0.300. The second-order valence-corrected chi connectivity index (χ2v) is 6.29. The number of hydrogen-bond donors (Lipinski definition) is 1. The maximum Gasteiger partial charge on any atom is 0.132 e. The van der Waals surface area contributed by atoms with Crippen LogP contribution in [0.25, 0.3) is 22.0 Å². The van der Waals surface area contributed by atoms with Gasteiger partial charge in [0.2, 0.25) is 0 Å². The maximum absolute atomic E-state index is 14.1. The average Bonchev–Trinajstić information content (AvgIpc) is 2.63. The summed E-state index contributed by atoms with van der Waals surface area (Å²) < 4.78 is 14.1. The number of nitrogens with zero attached hydrogens (tertiary/aromatic N) is 3. The molecule has 0 atom stereocenters. The summed E-state index contributed by atoms with van der Waals surface area (Å²) in [7, 11) is 1.94. The normalized spacial score (nSPS) is 11.2. The highest BCUT2D eigenvalue weighted by Crippen LogP contribution is 2.30. The van der Waals surface area contributed by atoms with E-state index >= 15 is 0 Å². The molecule has 4 nitrogen and oxygen atoms in total. The summed E-state index contributed by atoms with van der Waals surface area (Å²) in [6.07, 6.45) is 1.58. The van der Waals surface area contributed by atoms with Crippen molar-refractivity contribution < 1.29 is 4.39 Å². The Morgan fingerprint density at radius 2 is 1.84 bits per heavy atom. The topological polar surface area (TPSA) is 41.0 Å². The van der Waals surface area contributed by atoms with Gasteiger partial charge in [-0.15, -0.1) is 0 Å². The van der Waals surface area contributed by atoms with Crippen molar-refractivity contribution in [2.75, 3.05) is 25.0 Å². The lowest BCUT2D eigenvalue weighted by Crippen LogP contribution is -2.36. The molecule has 25 heavy (non-hydrogen) atoms. The Labute approximate surface area is 147 Å². The van der Waals surface area contributed by atoms with E-state index in [2.05, 4.69) is 34.0 Å². The van der Waals surface area contributed by atoms with E-state index in [0.717, 1.165) is 35.6 Å². The molecule has 2 aromatic carbocycles. The number of fused-ring (bicyclic) bond motifs is 1. The summed E-state index contributed by atoms with van der Waals surface area (Å²) in [6.45, 7) is 6.02. The maximum atomic E-state index is 14.1. The molecule has 5 heteroatoms. The fourth-order valence-corrected chi connectivity index (χ4v) is 3.01. The Balaban J connectivity index is 2.06. The Bertz CT molecular complexity index is 863. The van der Waals surface area contributed by atoms with Crippen LogP contribution in [0.3, 0.4) is 0 Å². The second kappa shape index (κ2) is 7.57. The molecule has 0 bridgehead atoms. The highest BCUT2D eigenvalue weighted by atomic mass is 19.1. The van der Waals surface area contributed by atoms with Gasteiger partial charge in [-0.05, 0) is 38.4 Å². The lowest BCUT2D eigenvalue weighted by molar-refractivity contribution is 0.640. The number of benzene rings is 2. The number of likely N-dealkylation sites (N-methyl/N-ethyl adjacent to an activating group) is 1. The lowest BCUT2D eigenvalue weighted by Gasteiger charge is -2.28. The van der Waals surface area contributed by atoms with Gasteiger partial charge in [0, 0.05) is 36.1 Å². The third-order valence-electron chi connectivity index (χ3n) is 4.32. The van der Waals surface area contributed by atoms with Crippen LogP contribution >= 0.6 is 0 Å². The van der Waals surface area contributed by atoms with E-state index in [1.807, 2.05) is 31.3 Å². The molecule has 0 amide bonds. The van der Waals surface area contributed by atoms with Crippen molar-refractivity contribution >= 4 is 16.6 Å². The van der Waals surface area contributed by atoms with Crippen molar-refractivity contribution in [3.63, 3.8) is 0 Å². The van der Waals surface area contributed by atoms with Crippen LogP contribution in [0, 0.1) is 5.82 Å². The number of hydrogen-bond acceptors (Lipinski definition) is 4. The molecular formula is C20H23FN4. The van der Waals surface area contributed by atoms with Crippen LogP contribution in [0.5, 0.6) is 0 Å². The first-order valence-electron chi connectivity index (χ1n) is 8.52. The molecule has 0 radical (unpaired) electrons. The molecule has 1 heterocycles. The van der Waals surface area contributed by atoms with Crippen LogP contribution in [0.2, 0.25) is 0 Å². The van der Waals surface area contributed by atoms with Gasteiger partial charge in [0.25, 0.3) is 0 Å². The van der Waals surface area contributed by atoms with Gasteiger partial charge in [0.1, 0.15) is 18.0 Å². The van der Waals surface area contributed by atoms with E-state index in [1.54, 1.807) is 18.5 Å². The number of halogens is 1. The van der Waals surface area contributed by atoms with Crippen molar-refractivity contribution in [1.29, 1.82) is 0 Å². The van der Waals surface area contributed by atoms with Crippen LogP contribution in [-0.4, -0.2) is 36.1 Å². The molecule has 0 saturated carbocycles. The Morgan fingerprint density at radius 3 is 2.56 bits per heavy atom. The molecule has 0 unspecified atom stereocenters. The van der Waals surface area contributed by atoms with Crippen molar-refractivity contribution in [1.82, 2.24) is 15.3 Å². The van der Waals surface area contributed by atoms with Crippen molar-refractivity contribution in [2.24, 2.45) is 0 Å². The molecule has 130 valence electrons. The van der Waals surface area contributed by atoms with E-state index in [-0.39, 0.29) is 5.82 Å². The smallest absolute Gasteiger partial charge is 0.132 e. The second-order valence-electron chi connectivity index (χ2n) is 6.29. The van der Waals surface area contributed by atoms with Gasteiger partial charge in [0.05, 0.1) is 5.69 Å². The molecule has 0 aliphatic carbocycles. The van der Waals surface area contributed by atoms with E-state index < -0.39 is 0 Å². The Hall–Kier alpha value is -2.53. The molecule has 1 N–H and O–H groups in total. The van der Waals surface area contributed by atoms with Crippen LogP contribution in [0.1, 0.15) is 13.8 Å².